The highest BCUT2D eigenvalue weighted by Gasteiger charge is 2.59. The maximum atomic E-state index is 12.0. The molecule has 6 nitrogen and oxygen atoms in total. The Hall–Kier alpha value is -1.44. The first-order valence-electron chi connectivity index (χ1n) is 7.27. The fraction of sp³-hybridized carbons (Fsp3) is 0.500. The van der Waals surface area contributed by atoms with Gasteiger partial charge in [0.05, 0.1) is 19.0 Å². The SMILES string of the molecule is COC(=O)[C@@H]1OC2(O[C@H]1C(=O)OC)c1ccccc1CC[C@H]2Br. The molecular weight excluding hydrogens is 368 g/mol. The molecule has 0 bridgehead atoms. The van der Waals surface area contributed by atoms with Crippen molar-refractivity contribution in [3.8, 4) is 0 Å². The van der Waals surface area contributed by atoms with Gasteiger partial charge in [-0.1, -0.05) is 40.2 Å². The summed E-state index contributed by atoms with van der Waals surface area (Å²) >= 11 is 3.58. The van der Waals surface area contributed by atoms with Crippen LogP contribution in [0, 0.1) is 0 Å². The number of ether oxygens (including phenoxy) is 4. The largest absolute Gasteiger partial charge is 0.467 e. The first-order chi connectivity index (χ1) is 11.0. The van der Waals surface area contributed by atoms with E-state index in [0.29, 0.717) is 0 Å². The van der Waals surface area contributed by atoms with Crippen molar-refractivity contribution in [2.24, 2.45) is 0 Å². The minimum absolute atomic E-state index is 0.202. The Morgan fingerprint density at radius 1 is 1.13 bits per heavy atom. The molecule has 7 heteroatoms. The number of esters is 2. The number of hydrogen-bond donors (Lipinski definition) is 0. The molecule has 0 amide bonds. The van der Waals surface area contributed by atoms with Gasteiger partial charge >= 0.3 is 11.9 Å². The molecule has 23 heavy (non-hydrogen) atoms. The summed E-state index contributed by atoms with van der Waals surface area (Å²) in [5.74, 6) is -2.55. The Balaban J connectivity index is 2.06. The molecule has 1 heterocycles. The number of fused-ring (bicyclic) bond motifs is 2. The van der Waals surface area contributed by atoms with Crippen LogP contribution in [-0.2, 0) is 40.7 Å². The normalized spacial score (nSPS) is 28.2. The molecule has 1 aliphatic carbocycles. The molecule has 1 aliphatic heterocycles. The van der Waals surface area contributed by atoms with Crippen LogP contribution in [-0.4, -0.2) is 43.2 Å². The van der Waals surface area contributed by atoms with Crippen LogP contribution < -0.4 is 0 Å². The standard InChI is InChI=1S/C16H17BrO6/c1-20-14(18)12-13(15(19)21-2)23-16(22-12)10-6-4-3-5-9(10)7-8-11(16)17/h3-6,11-13H,7-8H2,1-2H3/t11-,12-,13-/m1/s1. The number of rotatable bonds is 2. The number of benzene rings is 1. The Morgan fingerprint density at radius 2 is 1.70 bits per heavy atom. The summed E-state index contributed by atoms with van der Waals surface area (Å²) in [4.78, 5) is 23.9. The van der Waals surface area contributed by atoms with Crippen LogP contribution in [0.2, 0.25) is 0 Å². The highest BCUT2D eigenvalue weighted by atomic mass is 79.9. The Labute approximate surface area is 142 Å². The summed E-state index contributed by atoms with van der Waals surface area (Å²) < 4.78 is 21.4. The van der Waals surface area contributed by atoms with Gasteiger partial charge in [0.1, 0.15) is 0 Å². The van der Waals surface area contributed by atoms with Crippen LogP contribution in [0.5, 0.6) is 0 Å². The Kier molecular flexibility index (Phi) is 4.44. The minimum atomic E-state index is -1.22. The van der Waals surface area contributed by atoms with E-state index in [9.17, 15) is 9.59 Å². The van der Waals surface area contributed by atoms with Crippen LogP contribution in [0.15, 0.2) is 24.3 Å². The van der Waals surface area contributed by atoms with E-state index < -0.39 is 29.9 Å². The maximum Gasteiger partial charge on any atom is 0.338 e. The zero-order valence-electron chi connectivity index (χ0n) is 12.8. The second-order valence-electron chi connectivity index (χ2n) is 5.45. The number of carbonyl (C=O) groups excluding carboxylic acids is 2. The maximum absolute atomic E-state index is 12.0. The van der Waals surface area contributed by atoms with Crippen molar-refractivity contribution in [3.05, 3.63) is 35.4 Å². The lowest BCUT2D eigenvalue weighted by atomic mass is 9.86. The number of alkyl halides is 1. The van der Waals surface area contributed by atoms with Crippen molar-refractivity contribution < 1.29 is 28.5 Å². The van der Waals surface area contributed by atoms with Crippen LogP contribution in [0.4, 0.5) is 0 Å². The second kappa shape index (κ2) is 6.22. The fourth-order valence-corrected chi connectivity index (χ4v) is 3.79. The third-order valence-corrected chi connectivity index (χ3v) is 5.28. The zero-order chi connectivity index (χ0) is 16.6. The van der Waals surface area contributed by atoms with Gasteiger partial charge < -0.3 is 18.9 Å². The summed E-state index contributed by atoms with van der Waals surface area (Å²) in [6, 6.07) is 7.68. The van der Waals surface area contributed by atoms with Crippen LogP contribution in [0.3, 0.4) is 0 Å². The topological polar surface area (TPSA) is 71.1 Å². The molecule has 3 rings (SSSR count). The molecule has 124 valence electrons. The summed E-state index contributed by atoms with van der Waals surface area (Å²) in [5.41, 5.74) is 1.88. The molecule has 1 fully saturated rings. The van der Waals surface area contributed by atoms with Gasteiger partial charge in [-0.25, -0.2) is 9.59 Å². The van der Waals surface area contributed by atoms with E-state index in [1.165, 1.54) is 14.2 Å². The molecular formula is C16H17BrO6. The quantitative estimate of drug-likeness (QED) is 0.570. The monoisotopic (exact) mass is 384 g/mol. The Morgan fingerprint density at radius 3 is 2.26 bits per heavy atom. The molecule has 1 aromatic carbocycles. The van der Waals surface area contributed by atoms with Gasteiger partial charge in [-0.2, -0.15) is 0 Å². The predicted octanol–water partition coefficient (Wildman–Crippen LogP) is 1.68. The lowest BCUT2D eigenvalue weighted by Crippen LogP contribution is -2.42. The van der Waals surface area contributed by atoms with Crippen molar-refractivity contribution in [1.29, 1.82) is 0 Å². The van der Waals surface area contributed by atoms with E-state index in [2.05, 4.69) is 15.9 Å². The number of hydrogen-bond acceptors (Lipinski definition) is 6. The molecule has 0 unspecified atom stereocenters. The molecule has 1 aromatic rings. The second-order valence-corrected chi connectivity index (χ2v) is 6.56. The smallest absolute Gasteiger partial charge is 0.338 e. The third-order valence-electron chi connectivity index (χ3n) is 4.22. The number of aryl methyl sites for hydroxylation is 1. The molecule has 0 aromatic heterocycles. The van der Waals surface area contributed by atoms with Crippen molar-refractivity contribution in [1.82, 2.24) is 0 Å². The minimum Gasteiger partial charge on any atom is -0.467 e. The van der Waals surface area contributed by atoms with Gasteiger partial charge in [-0.3, -0.25) is 0 Å². The molecule has 3 atom stereocenters. The Bertz CT molecular complexity index is 607. The third kappa shape index (κ3) is 2.56. The van der Waals surface area contributed by atoms with E-state index in [4.69, 9.17) is 18.9 Å². The number of carbonyl (C=O) groups is 2. The van der Waals surface area contributed by atoms with Crippen LogP contribution >= 0.6 is 15.9 Å². The molecule has 0 N–H and O–H groups in total. The summed E-state index contributed by atoms with van der Waals surface area (Å²) in [5, 5.41) is 0. The van der Waals surface area contributed by atoms with Crippen LogP contribution in [0.1, 0.15) is 17.5 Å². The van der Waals surface area contributed by atoms with Gasteiger partial charge in [0.2, 0.25) is 5.79 Å². The van der Waals surface area contributed by atoms with Gasteiger partial charge in [-0.05, 0) is 18.4 Å². The van der Waals surface area contributed by atoms with E-state index in [0.717, 1.165) is 24.0 Å². The fourth-order valence-electron chi connectivity index (χ4n) is 3.10. The van der Waals surface area contributed by atoms with E-state index in [-0.39, 0.29) is 4.83 Å². The van der Waals surface area contributed by atoms with Crippen LogP contribution in [0.25, 0.3) is 0 Å². The molecule has 1 spiro atoms. The molecule has 2 aliphatic rings. The average Bonchev–Trinajstić information content (AvgIpc) is 2.99. The van der Waals surface area contributed by atoms with Gasteiger partial charge in [-0.15, -0.1) is 0 Å². The molecule has 1 saturated heterocycles. The highest BCUT2D eigenvalue weighted by molar-refractivity contribution is 9.09. The predicted molar refractivity (Wildman–Crippen MR) is 82.9 cm³/mol. The lowest BCUT2D eigenvalue weighted by Gasteiger charge is -2.38. The van der Waals surface area contributed by atoms with Crippen molar-refractivity contribution in [2.75, 3.05) is 14.2 Å². The van der Waals surface area contributed by atoms with E-state index in [1.54, 1.807) is 0 Å². The van der Waals surface area contributed by atoms with E-state index in [1.807, 2.05) is 24.3 Å². The zero-order valence-corrected chi connectivity index (χ0v) is 14.4. The lowest BCUT2D eigenvalue weighted by molar-refractivity contribution is -0.197. The average molecular weight is 385 g/mol. The van der Waals surface area contributed by atoms with Gasteiger partial charge in [0.25, 0.3) is 0 Å². The number of methoxy groups -OCH3 is 2. The number of halogens is 1. The molecule has 0 saturated carbocycles. The molecule has 0 radical (unpaired) electrons. The first kappa shape index (κ1) is 16.4. The van der Waals surface area contributed by atoms with Crippen molar-refractivity contribution >= 4 is 27.9 Å². The van der Waals surface area contributed by atoms with Gasteiger partial charge in [0.15, 0.2) is 12.2 Å². The summed E-state index contributed by atoms with van der Waals surface area (Å²) in [6.07, 6.45) is -0.734. The van der Waals surface area contributed by atoms with E-state index >= 15 is 0 Å². The summed E-state index contributed by atoms with van der Waals surface area (Å²) in [7, 11) is 2.48. The van der Waals surface area contributed by atoms with Gasteiger partial charge in [0, 0.05) is 5.56 Å². The van der Waals surface area contributed by atoms with Crippen molar-refractivity contribution in [2.45, 2.75) is 35.7 Å². The highest BCUT2D eigenvalue weighted by Crippen LogP contribution is 2.49. The first-order valence-corrected chi connectivity index (χ1v) is 8.19. The summed E-state index contributed by atoms with van der Waals surface area (Å²) in [6.45, 7) is 0. The van der Waals surface area contributed by atoms with Crippen molar-refractivity contribution in [3.63, 3.8) is 0 Å².